The Kier molecular flexibility index (Phi) is 5.38. The Bertz CT molecular complexity index is 265. The molecular weight excluding hydrogens is 246 g/mol. The summed E-state index contributed by atoms with van der Waals surface area (Å²) in [6.07, 6.45) is -0.402. The minimum Gasteiger partial charge on any atom is -0.416 e. The molecule has 0 amide bonds. The molecule has 1 aliphatic heterocycles. The van der Waals surface area contributed by atoms with Gasteiger partial charge in [-0.2, -0.15) is 0 Å². The molecule has 1 heterocycles. The molecule has 2 atom stereocenters. The Morgan fingerprint density at radius 3 is 2.33 bits per heavy atom. The largest absolute Gasteiger partial charge is 0.416 e. The molecule has 0 spiro atoms. The van der Waals surface area contributed by atoms with E-state index in [1.807, 2.05) is 0 Å². The lowest BCUT2D eigenvalue weighted by molar-refractivity contribution is 0.0214. The Hall–Kier alpha value is 0.0569. The van der Waals surface area contributed by atoms with Gasteiger partial charge in [-0.3, -0.25) is 4.90 Å². The van der Waals surface area contributed by atoms with Crippen molar-refractivity contribution < 1.29 is 14.3 Å². The first kappa shape index (κ1) is 16.1. The fourth-order valence-corrected chi connectivity index (χ4v) is 2.93. The quantitative estimate of drug-likeness (QED) is 0.776. The highest BCUT2D eigenvalue weighted by atomic mass is 28.4. The number of ether oxygens (including phenoxy) is 1. The lowest BCUT2D eigenvalue weighted by atomic mass is 10.2. The van der Waals surface area contributed by atoms with Gasteiger partial charge in [-0.25, -0.2) is 0 Å². The second kappa shape index (κ2) is 6.01. The summed E-state index contributed by atoms with van der Waals surface area (Å²) in [5, 5.41) is 10.0. The average molecular weight is 275 g/mol. The third-order valence-electron chi connectivity index (χ3n) is 4.29. The number of hydrogen-bond acceptors (Lipinski definition) is 4. The predicted molar refractivity (Wildman–Crippen MR) is 76.4 cm³/mol. The third kappa shape index (κ3) is 4.03. The molecule has 0 bridgehead atoms. The predicted octanol–water partition coefficient (Wildman–Crippen LogP) is 1.70. The normalized spacial score (nSPS) is 26.8. The SMILES string of the molecule is CO[C@@H]1CN(CCO[Si](C)(C)C(C)(C)C)C[C@H]1O. The van der Waals surface area contributed by atoms with Crippen LogP contribution in [0.3, 0.4) is 0 Å². The number of aliphatic hydroxyl groups is 1. The number of rotatable bonds is 5. The van der Waals surface area contributed by atoms with Gasteiger partial charge in [0.15, 0.2) is 8.32 Å². The first-order valence-corrected chi connectivity index (χ1v) is 9.65. The van der Waals surface area contributed by atoms with Crippen molar-refractivity contribution in [2.75, 3.05) is 33.4 Å². The zero-order valence-electron chi connectivity index (χ0n) is 12.7. The maximum atomic E-state index is 9.75. The second-order valence-corrected chi connectivity index (χ2v) is 11.5. The molecule has 1 rings (SSSR count). The molecule has 108 valence electrons. The summed E-state index contributed by atoms with van der Waals surface area (Å²) in [4.78, 5) is 2.21. The van der Waals surface area contributed by atoms with Crippen LogP contribution in [0.15, 0.2) is 0 Å². The summed E-state index contributed by atoms with van der Waals surface area (Å²) < 4.78 is 11.4. The van der Waals surface area contributed by atoms with Crippen LogP contribution in [0.5, 0.6) is 0 Å². The number of methoxy groups -OCH3 is 1. The van der Waals surface area contributed by atoms with Crippen molar-refractivity contribution in [3.05, 3.63) is 0 Å². The van der Waals surface area contributed by atoms with Crippen LogP contribution < -0.4 is 0 Å². The fourth-order valence-electron chi connectivity index (χ4n) is 1.89. The number of hydrogen-bond donors (Lipinski definition) is 1. The van der Waals surface area contributed by atoms with E-state index in [1.54, 1.807) is 7.11 Å². The van der Waals surface area contributed by atoms with Crippen LogP contribution in [-0.2, 0) is 9.16 Å². The van der Waals surface area contributed by atoms with Crippen LogP contribution in [0.25, 0.3) is 0 Å². The monoisotopic (exact) mass is 275 g/mol. The molecule has 1 aliphatic rings. The van der Waals surface area contributed by atoms with Gasteiger partial charge in [0.25, 0.3) is 0 Å². The van der Waals surface area contributed by atoms with Crippen molar-refractivity contribution in [2.45, 2.75) is 51.1 Å². The number of β-amino-alcohol motifs (C(OH)–C–C–N with tert-alkyl or cyclic N) is 1. The van der Waals surface area contributed by atoms with Crippen molar-refractivity contribution in [3.63, 3.8) is 0 Å². The molecule has 0 radical (unpaired) electrons. The molecule has 0 saturated carbocycles. The highest BCUT2D eigenvalue weighted by Crippen LogP contribution is 2.36. The maximum absolute atomic E-state index is 9.75. The minimum absolute atomic E-state index is 0.0436. The smallest absolute Gasteiger partial charge is 0.192 e. The molecule has 1 fully saturated rings. The topological polar surface area (TPSA) is 41.9 Å². The molecule has 1 saturated heterocycles. The maximum Gasteiger partial charge on any atom is 0.192 e. The van der Waals surface area contributed by atoms with Gasteiger partial charge in [-0.05, 0) is 18.1 Å². The first-order valence-electron chi connectivity index (χ1n) is 6.74. The summed E-state index contributed by atoms with van der Waals surface area (Å²) in [6.45, 7) is 14.4. The molecule has 0 aliphatic carbocycles. The van der Waals surface area contributed by atoms with E-state index in [0.29, 0.717) is 6.54 Å². The van der Waals surface area contributed by atoms with Gasteiger partial charge in [-0.15, -0.1) is 0 Å². The summed E-state index contributed by atoms with van der Waals surface area (Å²) in [5.74, 6) is 0. The molecule has 18 heavy (non-hydrogen) atoms. The number of nitrogens with zero attached hydrogens (tertiary/aromatic N) is 1. The van der Waals surface area contributed by atoms with E-state index in [4.69, 9.17) is 9.16 Å². The summed E-state index contributed by atoms with van der Waals surface area (Å²) >= 11 is 0. The van der Waals surface area contributed by atoms with Crippen LogP contribution in [0, 0.1) is 0 Å². The Morgan fingerprint density at radius 2 is 1.89 bits per heavy atom. The zero-order chi connectivity index (χ0) is 14.0. The van der Waals surface area contributed by atoms with E-state index in [1.165, 1.54) is 0 Å². The molecule has 0 aromatic heterocycles. The van der Waals surface area contributed by atoms with Gasteiger partial charge >= 0.3 is 0 Å². The lowest BCUT2D eigenvalue weighted by Gasteiger charge is -2.36. The van der Waals surface area contributed by atoms with Gasteiger partial charge in [0, 0.05) is 33.4 Å². The summed E-state index contributed by atoms with van der Waals surface area (Å²) in [7, 11) is 0.0167. The van der Waals surface area contributed by atoms with Gasteiger partial charge in [-0.1, -0.05) is 20.8 Å². The summed E-state index contributed by atoms with van der Waals surface area (Å²) in [6, 6.07) is 0. The minimum atomic E-state index is -1.64. The van der Waals surface area contributed by atoms with E-state index >= 15 is 0 Å². The molecular formula is C13H29NO3Si. The highest BCUT2D eigenvalue weighted by molar-refractivity contribution is 6.74. The average Bonchev–Trinajstić information content (AvgIpc) is 2.57. The van der Waals surface area contributed by atoms with E-state index < -0.39 is 8.32 Å². The van der Waals surface area contributed by atoms with Crippen LogP contribution in [-0.4, -0.2) is 63.9 Å². The fraction of sp³-hybridized carbons (Fsp3) is 1.00. The number of aliphatic hydroxyl groups excluding tert-OH is 1. The first-order chi connectivity index (χ1) is 8.17. The molecule has 0 aromatic carbocycles. The standard InChI is InChI=1S/C13H29NO3Si/c1-13(2,3)18(5,6)17-8-7-14-9-11(15)12(10-14)16-4/h11-12,15H,7-10H2,1-6H3/t11-,12-/m1/s1. The van der Waals surface area contributed by atoms with E-state index in [-0.39, 0.29) is 17.2 Å². The number of likely N-dealkylation sites (tertiary alicyclic amines) is 1. The van der Waals surface area contributed by atoms with Gasteiger partial charge in [0.05, 0.1) is 12.2 Å². The van der Waals surface area contributed by atoms with E-state index in [0.717, 1.165) is 19.7 Å². The van der Waals surface area contributed by atoms with Crippen molar-refractivity contribution >= 4 is 8.32 Å². The molecule has 0 unspecified atom stereocenters. The Balaban J connectivity index is 2.31. The Morgan fingerprint density at radius 1 is 1.28 bits per heavy atom. The van der Waals surface area contributed by atoms with Crippen molar-refractivity contribution in [3.8, 4) is 0 Å². The molecule has 1 N–H and O–H groups in total. The van der Waals surface area contributed by atoms with Crippen LogP contribution >= 0.6 is 0 Å². The van der Waals surface area contributed by atoms with Crippen molar-refractivity contribution in [1.29, 1.82) is 0 Å². The van der Waals surface area contributed by atoms with E-state index in [2.05, 4.69) is 38.8 Å². The van der Waals surface area contributed by atoms with Crippen LogP contribution in [0.1, 0.15) is 20.8 Å². The van der Waals surface area contributed by atoms with E-state index in [9.17, 15) is 5.11 Å². The Labute approximate surface area is 112 Å². The van der Waals surface area contributed by atoms with Crippen molar-refractivity contribution in [1.82, 2.24) is 4.90 Å². The highest BCUT2D eigenvalue weighted by Gasteiger charge is 2.37. The second-order valence-electron chi connectivity index (χ2n) is 6.71. The van der Waals surface area contributed by atoms with Gasteiger partial charge in [0.1, 0.15) is 0 Å². The van der Waals surface area contributed by atoms with Gasteiger partial charge in [0.2, 0.25) is 0 Å². The summed E-state index contributed by atoms with van der Waals surface area (Å²) in [5.41, 5.74) is 0. The van der Waals surface area contributed by atoms with Crippen LogP contribution in [0.2, 0.25) is 18.1 Å². The molecule has 0 aromatic rings. The van der Waals surface area contributed by atoms with Crippen LogP contribution in [0.4, 0.5) is 0 Å². The zero-order valence-corrected chi connectivity index (χ0v) is 13.7. The van der Waals surface area contributed by atoms with Gasteiger partial charge < -0.3 is 14.3 Å². The molecule has 5 heteroatoms. The van der Waals surface area contributed by atoms with Crippen molar-refractivity contribution in [2.24, 2.45) is 0 Å². The lowest BCUT2D eigenvalue weighted by Crippen LogP contribution is -2.42. The molecule has 4 nitrogen and oxygen atoms in total. The third-order valence-corrected chi connectivity index (χ3v) is 8.83.